The summed E-state index contributed by atoms with van der Waals surface area (Å²) in [6, 6.07) is 16.0. The fourth-order valence-corrected chi connectivity index (χ4v) is 4.90. The highest BCUT2D eigenvalue weighted by Gasteiger charge is 2.29. The molecule has 1 amide bonds. The van der Waals surface area contributed by atoms with Crippen molar-refractivity contribution >= 4 is 23.5 Å². The van der Waals surface area contributed by atoms with Crippen LogP contribution in [0.4, 0.5) is 20.2 Å². The molecular formula is C32H26F2N6O3. The molecule has 0 saturated heterocycles. The largest absolute Gasteiger partial charge is 0.454 e. The zero-order valence-corrected chi connectivity index (χ0v) is 22.9. The van der Waals surface area contributed by atoms with E-state index >= 15 is 4.39 Å². The van der Waals surface area contributed by atoms with E-state index in [1.54, 1.807) is 37.6 Å². The molecule has 6 rings (SSSR count). The number of ether oxygens (including phenoxy) is 1. The third-order valence-electron chi connectivity index (χ3n) is 7.23. The van der Waals surface area contributed by atoms with Gasteiger partial charge in [0, 0.05) is 65.0 Å². The Morgan fingerprint density at radius 1 is 1.07 bits per heavy atom. The lowest BCUT2D eigenvalue weighted by molar-refractivity contribution is 0.102. The van der Waals surface area contributed by atoms with Crippen LogP contribution in [-0.4, -0.2) is 33.9 Å². The second-order valence-corrected chi connectivity index (χ2v) is 10.1. The van der Waals surface area contributed by atoms with Gasteiger partial charge in [0.2, 0.25) is 0 Å². The number of pyridine rings is 1. The molecule has 4 N–H and O–H groups in total. The van der Waals surface area contributed by atoms with Crippen molar-refractivity contribution < 1.29 is 18.3 Å². The monoisotopic (exact) mass is 580 g/mol. The number of hydrogen-bond acceptors (Lipinski definition) is 6. The SMILES string of the molecule is CNc1cc(-c2cn[nH]c2)c(Oc2ccc(NC(=O)c3ccc(C4CC4)n(-c4ccc(F)cc4)c3=O)cc2F)cc1C=N. The average Bonchev–Trinajstić information content (AvgIpc) is 3.71. The van der Waals surface area contributed by atoms with Gasteiger partial charge >= 0.3 is 0 Å². The number of nitrogens with one attached hydrogen (secondary N) is 4. The molecule has 3 aromatic carbocycles. The summed E-state index contributed by atoms with van der Waals surface area (Å²) in [4.78, 5) is 26.7. The van der Waals surface area contributed by atoms with Crippen LogP contribution >= 0.6 is 0 Å². The van der Waals surface area contributed by atoms with Crippen molar-refractivity contribution in [3.63, 3.8) is 0 Å². The molecule has 2 aromatic heterocycles. The van der Waals surface area contributed by atoms with E-state index < -0.39 is 23.1 Å². The lowest BCUT2D eigenvalue weighted by Gasteiger charge is -2.16. The van der Waals surface area contributed by atoms with Gasteiger partial charge in [-0.05, 0) is 79.4 Å². The number of anilines is 2. The van der Waals surface area contributed by atoms with Crippen molar-refractivity contribution in [1.29, 1.82) is 5.41 Å². The second-order valence-electron chi connectivity index (χ2n) is 10.1. The average molecular weight is 581 g/mol. The Morgan fingerprint density at radius 3 is 2.51 bits per heavy atom. The topological polar surface area (TPSA) is 125 Å². The molecule has 1 aliphatic rings. The molecule has 9 nitrogen and oxygen atoms in total. The van der Waals surface area contributed by atoms with Crippen LogP contribution in [0.25, 0.3) is 16.8 Å². The molecule has 11 heteroatoms. The smallest absolute Gasteiger partial charge is 0.268 e. The molecule has 0 bridgehead atoms. The van der Waals surface area contributed by atoms with E-state index in [-0.39, 0.29) is 22.9 Å². The zero-order valence-electron chi connectivity index (χ0n) is 22.9. The van der Waals surface area contributed by atoms with Gasteiger partial charge in [0.25, 0.3) is 11.5 Å². The maximum absolute atomic E-state index is 15.3. The lowest BCUT2D eigenvalue weighted by atomic mass is 10.0. The maximum atomic E-state index is 15.3. The van der Waals surface area contributed by atoms with Gasteiger partial charge in [-0.15, -0.1) is 0 Å². The third kappa shape index (κ3) is 5.52. The summed E-state index contributed by atoms with van der Waals surface area (Å²) in [7, 11) is 1.73. The van der Waals surface area contributed by atoms with Crippen LogP contribution in [0.5, 0.6) is 11.5 Å². The zero-order chi connectivity index (χ0) is 30.1. The van der Waals surface area contributed by atoms with Crippen LogP contribution in [-0.2, 0) is 0 Å². The van der Waals surface area contributed by atoms with Gasteiger partial charge in [0.05, 0.1) is 6.20 Å². The van der Waals surface area contributed by atoms with Crippen molar-refractivity contribution in [1.82, 2.24) is 14.8 Å². The maximum Gasteiger partial charge on any atom is 0.268 e. The molecule has 0 aliphatic heterocycles. The van der Waals surface area contributed by atoms with Crippen molar-refractivity contribution in [2.24, 2.45) is 0 Å². The Bertz CT molecular complexity index is 1900. The van der Waals surface area contributed by atoms with Crippen LogP contribution in [0.1, 0.15) is 40.4 Å². The molecule has 0 unspecified atom stereocenters. The summed E-state index contributed by atoms with van der Waals surface area (Å²) in [6.07, 6.45) is 6.27. The van der Waals surface area contributed by atoms with Crippen molar-refractivity contribution in [3.8, 4) is 28.3 Å². The normalized spacial score (nSPS) is 12.5. The first-order chi connectivity index (χ1) is 20.9. The Kier molecular flexibility index (Phi) is 7.29. The molecule has 216 valence electrons. The van der Waals surface area contributed by atoms with Crippen LogP contribution in [0, 0.1) is 17.0 Å². The molecule has 1 aliphatic carbocycles. The number of benzene rings is 3. The van der Waals surface area contributed by atoms with Crippen molar-refractivity contribution in [3.05, 3.63) is 118 Å². The summed E-state index contributed by atoms with van der Waals surface area (Å²) in [5.41, 5.74) is 3.18. The minimum atomic E-state index is -0.752. The predicted octanol–water partition coefficient (Wildman–Crippen LogP) is 6.47. The minimum absolute atomic E-state index is 0.108. The van der Waals surface area contributed by atoms with E-state index in [9.17, 15) is 14.0 Å². The summed E-state index contributed by atoms with van der Waals surface area (Å²) < 4.78 is 36.2. The van der Waals surface area contributed by atoms with Gasteiger partial charge in [-0.2, -0.15) is 5.10 Å². The third-order valence-corrected chi connectivity index (χ3v) is 7.23. The van der Waals surface area contributed by atoms with Crippen LogP contribution in [0.2, 0.25) is 0 Å². The first-order valence-electron chi connectivity index (χ1n) is 13.5. The molecule has 5 aromatic rings. The first-order valence-corrected chi connectivity index (χ1v) is 13.5. The second kappa shape index (κ2) is 11.4. The van der Waals surface area contributed by atoms with E-state index in [2.05, 4.69) is 20.8 Å². The number of hydrogen-bond donors (Lipinski definition) is 4. The van der Waals surface area contributed by atoms with Gasteiger partial charge in [-0.3, -0.25) is 19.3 Å². The predicted molar refractivity (Wildman–Crippen MR) is 160 cm³/mol. The Labute approximate surface area is 244 Å². The van der Waals surface area contributed by atoms with Crippen LogP contribution in [0.3, 0.4) is 0 Å². The number of aromatic amines is 1. The number of rotatable bonds is 9. The van der Waals surface area contributed by atoms with Gasteiger partial charge in [-0.1, -0.05) is 0 Å². The minimum Gasteiger partial charge on any atom is -0.454 e. The van der Waals surface area contributed by atoms with E-state index in [1.165, 1.54) is 47.0 Å². The standard InChI is InChI=1S/C32H26F2N6O3/c1-36-27-14-25(20-16-37-38-17-20)30(12-19(27)15-35)43-29-11-6-22(13-26(29)34)39-31(41)24-9-10-28(18-2-3-18)40(32(24)42)23-7-4-21(33)5-8-23/h4-18,35-36H,2-3H2,1H3,(H,37,38)(H,39,41). The summed E-state index contributed by atoms with van der Waals surface area (Å²) in [6.45, 7) is 0. The molecule has 0 radical (unpaired) electrons. The Balaban J connectivity index is 1.28. The van der Waals surface area contributed by atoms with E-state index in [0.29, 0.717) is 33.8 Å². The van der Waals surface area contributed by atoms with E-state index in [4.69, 9.17) is 10.1 Å². The van der Waals surface area contributed by atoms with Gasteiger partial charge in [0.15, 0.2) is 11.6 Å². The molecule has 1 saturated carbocycles. The molecule has 0 spiro atoms. The number of carbonyl (C=O) groups is 1. The molecule has 0 atom stereocenters. The Morgan fingerprint density at radius 2 is 1.86 bits per heavy atom. The lowest BCUT2D eigenvalue weighted by Crippen LogP contribution is -2.30. The highest BCUT2D eigenvalue weighted by molar-refractivity contribution is 6.04. The number of carbonyl (C=O) groups excluding carboxylic acids is 1. The molecular weight excluding hydrogens is 554 g/mol. The van der Waals surface area contributed by atoms with Crippen molar-refractivity contribution in [2.45, 2.75) is 18.8 Å². The summed E-state index contributed by atoms with van der Waals surface area (Å²) in [5.74, 6) is -1.52. The summed E-state index contributed by atoms with van der Waals surface area (Å²) >= 11 is 0. The van der Waals surface area contributed by atoms with E-state index in [0.717, 1.165) is 30.8 Å². The van der Waals surface area contributed by atoms with Crippen molar-refractivity contribution in [2.75, 3.05) is 17.7 Å². The number of halogens is 2. The number of aromatic nitrogens is 3. The Hall–Kier alpha value is -5.58. The van der Waals surface area contributed by atoms with Gasteiger partial charge in [-0.25, -0.2) is 8.78 Å². The molecule has 43 heavy (non-hydrogen) atoms. The van der Waals surface area contributed by atoms with Gasteiger partial charge < -0.3 is 20.8 Å². The van der Waals surface area contributed by atoms with Gasteiger partial charge in [0.1, 0.15) is 17.1 Å². The highest BCUT2D eigenvalue weighted by Crippen LogP contribution is 2.40. The summed E-state index contributed by atoms with van der Waals surface area (Å²) in [5, 5.41) is 20.1. The molecule has 1 fully saturated rings. The first kappa shape index (κ1) is 27.6. The highest BCUT2D eigenvalue weighted by atomic mass is 19.1. The quantitative estimate of drug-likeness (QED) is 0.149. The van der Waals surface area contributed by atoms with Crippen LogP contribution in [0.15, 0.2) is 83.9 Å². The van der Waals surface area contributed by atoms with Crippen LogP contribution < -0.4 is 20.9 Å². The number of H-pyrrole nitrogens is 1. The fourth-order valence-electron chi connectivity index (χ4n) is 4.90. The molecule has 2 heterocycles. The number of amides is 1. The fraction of sp³-hybridized carbons (Fsp3) is 0.125. The number of nitrogens with zero attached hydrogens (tertiary/aromatic N) is 2. The van der Waals surface area contributed by atoms with E-state index in [1.807, 2.05) is 0 Å².